The Morgan fingerprint density at radius 1 is 0.292 bits per heavy atom. The number of fused-ring (bicyclic) bond motifs is 10. The Morgan fingerprint density at radius 3 is 1.49 bits per heavy atom. The van der Waals surface area contributed by atoms with Crippen molar-refractivity contribution >= 4 is 65.2 Å². The van der Waals surface area contributed by atoms with E-state index in [0.717, 1.165) is 44.3 Å². The van der Waals surface area contributed by atoms with Crippen LogP contribution in [0.1, 0.15) is 0 Å². The summed E-state index contributed by atoms with van der Waals surface area (Å²) in [6.45, 7) is 0. The van der Waals surface area contributed by atoms with Gasteiger partial charge in [-0.15, -0.1) is 0 Å². The average Bonchev–Trinajstić information content (AvgIpc) is 3.72. The number of hydrogen-bond acceptors (Lipinski definition) is 2. The minimum Gasteiger partial charge on any atom is -0.309 e. The molecule has 0 amide bonds. The fraction of sp³-hybridized carbons (Fsp3) is 0. The van der Waals surface area contributed by atoms with Crippen molar-refractivity contribution in [3.05, 3.63) is 237 Å². The molecule has 3 heteroatoms. The van der Waals surface area contributed by atoms with Crippen LogP contribution in [0.25, 0.3) is 127 Å². The van der Waals surface area contributed by atoms with Gasteiger partial charge in [0.2, 0.25) is 0 Å². The third-order valence-corrected chi connectivity index (χ3v) is 13.3. The van der Waals surface area contributed by atoms with Crippen molar-refractivity contribution in [1.82, 2.24) is 14.5 Å². The summed E-state index contributed by atoms with van der Waals surface area (Å²) in [6.07, 6.45) is 1.91. The fourth-order valence-electron chi connectivity index (χ4n) is 10.0. The van der Waals surface area contributed by atoms with E-state index in [-0.39, 0.29) is 0 Å². The van der Waals surface area contributed by atoms with Crippen LogP contribution in [0, 0.1) is 0 Å². The van der Waals surface area contributed by atoms with Crippen LogP contribution in [-0.2, 0) is 0 Å². The second kappa shape index (κ2) is 15.0. The molecule has 0 aliphatic carbocycles. The summed E-state index contributed by atoms with van der Waals surface area (Å²) in [5.74, 6) is 0. The van der Waals surface area contributed by atoms with Crippen molar-refractivity contribution in [3.8, 4) is 61.5 Å². The van der Waals surface area contributed by atoms with Gasteiger partial charge in [0.1, 0.15) is 0 Å². The highest BCUT2D eigenvalue weighted by Crippen LogP contribution is 2.38. The van der Waals surface area contributed by atoms with E-state index in [9.17, 15) is 0 Å². The van der Waals surface area contributed by atoms with E-state index in [1.54, 1.807) is 0 Å². The Labute approximate surface area is 376 Å². The van der Waals surface area contributed by atoms with Gasteiger partial charge < -0.3 is 4.57 Å². The van der Waals surface area contributed by atoms with Crippen LogP contribution in [0.15, 0.2) is 237 Å². The van der Waals surface area contributed by atoms with Crippen molar-refractivity contribution < 1.29 is 0 Å². The number of nitrogens with zero attached hydrogens (tertiary/aromatic N) is 3. The molecule has 0 spiro atoms. The molecule has 2 aromatic heterocycles. The molecule has 11 aromatic carbocycles. The molecule has 13 aromatic rings. The molecule has 0 aliphatic rings. The van der Waals surface area contributed by atoms with Crippen LogP contribution < -0.4 is 0 Å². The third kappa shape index (κ3) is 6.20. The highest BCUT2D eigenvalue weighted by Gasteiger charge is 2.16. The summed E-state index contributed by atoms with van der Waals surface area (Å²) in [4.78, 5) is 10.2. The Kier molecular flexibility index (Phi) is 8.53. The topological polar surface area (TPSA) is 30.7 Å². The van der Waals surface area contributed by atoms with Gasteiger partial charge in [-0.05, 0) is 102 Å². The van der Waals surface area contributed by atoms with Crippen LogP contribution in [0.3, 0.4) is 0 Å². The molecule has 0 unspecified atom stereocenters. The molecule has 65 heavy (non-hydrogen) atoms. The SMILES string of the molecule is c1cc(-c2ccc(-c3cnc4c5ccccc5c5ccccc5c4n3)cc2)cc(-c2ccc(-n3c4ccccc4c4cc(-c5ccc(-c6cccc7ccccc67)cc5)ccc43)cc2)c1. The number of aromatic nitrogens is 3. The van der Waals surface area contributed by atoms with Crippen LogP contribution in [0.2, 0.25) is 0 Å². The lowest BCUT2D eigenvalue weighted by Crippen LogP contribution is -1.94. The molecule has 0 radical (unpaired) electrons. The zero-order chi connectivity index (χ0) is 42.8. The van der Waals surface area contributed by atoms with Crippen LogP contribution in [0.5, 0.6) is 0 Å². The molecule has 0 saturated carbocycles. The van der Waals surface area contributed by atoms with Gasteiger partial charge in [0, 0.05) is 32.8 Å². The first-order chi connectivity index (χ1) is 32.2. The summed E-state index contributed by atoms with van der Waals surface area (Å²) in [7, 11) is 0. The maximum atomic E-state index is 5.21. The highest BCUT2D eigenvalue weighted by atomic mass is 15.0. The molecule has 0 fully saturated rings. The molecule has 13 rings (SSSR count). The predicted octanol–water partition coefficient (Wildman–Crippen LogP) is 16.5. The van der Waals surface area contributed by atoms with Crippen LogP contribution >= 0.6 is 0 Å². The Bertz CT molecular complexity index is 3930. The lowest BCUT2D eigenvalue weighted by molar-refractivity contribution is 1.18. The lowest BCUT2D eigenvalue weighted by atomic mass is 9.96. The first kappa shape index (κ1) is 36.9. The van der Waals surface area contributed by atoms with Crippen molar-refractivity contribution in [2.45, 2.75) is 0 Å². The standard InChI is InChI=1S/C62H39N3/c1-2-15-50-43(11-1)12-10-21-51(50)44-27-23-41(24-28-44)48-33-36-60-57(38-48)54-18-7-8-22-59(54)65(60)49-34-31-42(32-35-49)47-14-9-13-46(37-47)40-25-29-45(30-26-40)58-39-63-61-55-19-5-3-16-52(55)53-17-4-6-20-56(53)62(61)64-58/h1-39H. The van der Waals surface area contributed by atoms with Crippen LogP contribution in [0.4, 0.5) is 0 Å². The maximum absolute atomic E-state index is 5.21. The van der Waals surface area contributed by atoms with Gasteiger partial charge in [0.15, 0.2) is 0 Å². The molecule has 0 aliphatic heterocycles. The molecule has 3 nitrogen and oxygen atoms in total. The van der Waals surface area contributed by atoms with Gasteiger partial charge in [-0.25, -0.2) is 4.98 Å². The van der Waals surface area contributed by atoms with Crippen LogP contribution in [-0.4, -0.2) is 14.5 Å². The Hall–Kier alpha value is -8.66. The van der Waals surface area contributed by atoms with E-state index in [0.29, 0.717) is 0 Å². The van der Waals surface area contributed by atoms with Gasteiger partial charge in [0.05, 0.1) is 34.0 Å². The van der Waals surface area contributed by atoms with E-state index in [1.807, 2.05) is 6.20 Å². The van der Waals surface area contributed by atoms with E-state index in [4.69, 9.17) is 9.97 Å². The molecule has 0 atom stereocenters. The maximum Gasteiger partial charge on any atom is 0.0979 e. The predicted molar refractivity (Wildman–Crippen MR) is 274 cm³/mol. The lowest BCUT2D eigenvalue weighted by Gasteiger charge is -2.11. The zero-order valence-electron chi connectivity index (χ0n) is 35.4. The number of hydrogen-bond donors (Lipinski definition) is 0. The Balaban J connectivity index is 0.789. The van der Waals surface area contributed by atoms with Gasteiger partial charge >= 0.3 is 0 Å². The van der Waals surface area contributed by atoms with E-state index in [2.05, 4.69) is 235 Å². The third-order valence-electron chi connectivity index (χ3n) is 13.3. The molecule has 2 heterocycles. The minimum atomic E-state index is 0.866. The van der Waals surface area contributed by atoms with Crippen molar-refractivity contribution in [2.75, 3.05) is 0 Å². The smallest absolute Gasteiger partial charge is 0.0979 e. The minimum absolute atomic E-state index is 0.866. The van der Waals surface area contributed by atoms with E-state index in [1.165, 1.54) is 82.3 Å². The second-order valence-corrected chi connectivity index (χ2v) is 16.9. The molecule has 302 valence electrons. The Morgan fingerprint density at radius 2 is 0.785 bits per heavy atom. The first-order valence-corrected chi connectivity index (χ1v) is 22.2. The summed E-state index contributed by atoms with van der Waals surface area (Å²) in [5, 5.41) is 9.67. The summed E-state index contributed by atoms with van der Waals surface area (Å²) in [5.41, 5.74) is 16.9. The van der Waals surface area contributed by atoms with Gasteiger partial charge in [-0.2, -0.15) is 0 Å². The molecule has 0 saturated heterocycles. The second-order valence-electron chi connectivity index (χ2n) is 16.9. The van der Waals surface area contributed by atoms with E-state index < -0.39 is 0 Å². The van der Waals surface area contributed by atoms with Gasteiger partial charge in [-0.1, -0.05) is 194 Å². The quantitative estimate of drug-likeness (QED) is 0.156. The largest absolute Gasteiger partial charge is 0.309 e. The monoisotopic (exact) mass is 825 g/mol. The van der Waals surface area contributed by atoms with Gasteiger partial charge in [-0.3, -0.25) is 4.98 Å². The van der Waals surface area contributed by atoms with Gasteiger partial charge in [0.25, 0.3) is 0 Å². The zero-order valence-corrected chi connectivity index (χ0v) is 35.4. The average molecular weight is 826 g/mol. The number of benzene rings is 11. The number of rotatable bonds is 6. The van der Waals surface area contributed by atoms with Crippen molar-refractivity contribution in [2.24, 2.45) is 0 Å². The van der Waals surface area contributed by atoms with E-state index >= 15 is 0 Å². The molecule has 0 N–H and O–H groups in total. The summed E-state index contributed by atoms with van der Waals surface area (Å²) < 4.78 is 2.39. The highest BCUT2D eigenvalue weighted by molar-refractivity contribution is 6.23. The number of para-hydroxylation sites is 1. The summed E-state index contributed by atoms with van der Waals surface area (Å²) >= 11 is 0. The normalized spacial score (nSPS) is 11.7. The van der Waals surface area contributed by atoms with Crippen molar-refractivity contribution in [3.63, 3.8) is 0 Å². The molecule has 0 bridgehead atoms. The van der Waals surface area contributed by atoms with Crippen molar-refractivity contribution in [1.29, 1.82) is 0 Å². The summed E-state index contributed by atoms with van der Waals surface area (Å²) in [6, 6.07) is 83.3. The molecular formula is C62H39N3. The fourth-order valence-corrected chi connectivity index (χ4v) is 10.0. The molecular weight excluding hydrogens is 787 g/mol. The first-order valence-electron chi connectivity index (χ1n) is 22.2.